The summed E-state index contributed by atoms with van der Waals surface area (Å²) in [5.74, 6) is 0.408. The van der Waals surface area contributed by atoms with E-state index in [0.29, 0.717) is 43.1 Å². The number of nitrogens with one attached hydrogen (secondary N) is 1. The molecule has 0 aromatic heterocycles. The van der Waals surface area contributed by atoms with E-state index in [4.69, 9.17) is 9.47 Å². The van der Waals surface area contributed by atoms with Crippen molar-refractivity contribution in [1.82, 2.24) is 5.32 Å². The Morgan fingerprint density at radius 3 is 2.26 bits per heavy atom. The highest BCUT2D eigenvalue weighted by Gasteiger charge is 2.14. The molecule has 0 aliphatic rings. The minimum Gasteiger partial charge on any atom is -0.378 e. The average Bonchev–Trinajstić information content (AvgIpc) is 2.49. The SMILES string of the molecule is Cc1ccc(S(=O)(=O)SCCOCCOCCNC(C)C)cc1. The Bertz CT molecular complexity index is 530. The first-order valence-electron chi connectivity index (χ1n) is 7.77. The minimum atomic E-state index is -3.29. The summed E-state index contributed by atoms with van der Waals surface area (Å²) in [6.07, 6.45) is 0. The average molecular weight is 362 g/mol. The van der Waals surface area contributed by atoms with Gasteiger partial charge in [0.1, 0.15) is 0 Å². The summed E-state index contributed by atoms with van der Waals surface area (Å²) in [6, 6.07) is 7.34. The van der Waals surface area contributed by atoms with Gasteiger partial charge in [-0.25, -0.2) is 8.42 Å². The lowest BCUT2D eigenvalue weighted by atomic mass is 10.2. The van der Waals surface area contributed by atoms with Crippen molar-refractivity contribution in [3.8, 4) is 0 Å². The number of rotatable bonds is 12. The number of benzene rings is 1. The van der Waals surface area contributed by atoms with Crippen LogP contribution in [-0.4, -0.2) is 53.2 Å². The fraction of sp³-hybridized carbons (Fsp3) is 0.625. The van der Waals surface area contributed by atoms with Crippen LogP contribution in [0.3, 0.4) is 0 Å². The molecule has 0 amide bonds. The van der Waals surface area contributed by atoms with Crippen LogP contribution in [0.5, 0.6) is 0 Å². The molecule has 0 aliphatic carbocycles. The molecule has 1 aromatic rings. The van der Waals surface area contributed by atoms with Gasteiger partial charge in [0, 0.05) is 18.3 Å². The van der Waals surface area contributed by atoms with Gasteiger partial charge in [-0.3, -0.25) is 0 Å². The molecule has 0 unspecified atom stereocenters. The van der Waals surface area contributed by atoms with Crippen LogP contribution in [0.4, 0.5) is 0 Å². The maximum atomic E-state index is 12.1. The summed E-state index contributed by atoms with van der Waals surface area (Å²) in [6.45, 7) is 8.97. The first-order valence-corrected chi connectivity index (χ1v) is 10.8. The highest BCUT2D eigenvalue weighted by molar-refractivity contribution is 8.72. The Morgan fingerprint density at radius 2 is 1.65 bits per heavy atom. The molecule has 5 nitrogen and oxygen atoms in total. The third-order valence-electron chi connectivity index (χ3n) is 2.95. The highest BCUT2D eigenvalue weighted by Crippen LogP contribution is 2.23. The molecule has 1 N–H and O–H groups in total. The van der Waals surface area contributed by atoms with Crippen LogP contribution in [0.1, 0.15) is 19.4 Å². The molecule has 1 aromatic carbocycles. The van der Waals surface area contributed by atoms with Crippen molar-refractivity contribution in [2.24, 2.45) is 0 Å². The van der Waals surface area contributed by atoms with Crippen LogP contribution in [0.15, 0.2) is 29.2 Å². The van der Waals surface area contributed by atoms with Crippen LogP contribution in [-0.2, 0) is 18.3 Å². The van der Waals surface area contributed by atoms with E-state index >= 15 is 0 Å². The molecule has 1 rings (SSSR count). The van der Waals surface area contributed by atoms with Crippen LogP contribution in [0.2, 0.25) is 0 Å². The Balaban J connectivity index is 2.07. The summed E-state index contributed by atoms with van der Waals surface area (Å²) in [5, 5.41) is 3.26. The zero-order valence-corrected chi connectivity index (χ0v) is 15.7. The molecule has 0 spiro atoms. The Morgan fingerprint density at radius 1 is 1.04 bits per heavy atom. The maximum absolute atomic E-state index is 12.1. The predicted molar refractivity (Wildman–Crippen MR) is 95.6 cm³/mol. The summed E-state index contributed by atoms with van der Waals surface area (Å²) >= 11 is 0. The molecule has 7 heteroatoms. The van der Waals surface area contributed by atoms with E-state index in [2.05, 4.69) is 19.2 Å². The highest BCUT2D eigenvalue weighted by atomic mass is 33.1. The van der Waals surface area contributed by atoms with E-state index in [0.717, 1.165) is 22.9 Å². The lowest BCUT2D eigenvalue weighted by molar-refractivity contribution is 0.0546. The van der Waals surface area contributed by atoms with Crippen molar-refractivity contribution in [2.45, 2.75) is 31.7 Å². The van der Waals surface area contributed by atoms with Gasteiger partial charge in [-0.1, -0.05) is 31.5 Å². The fourth-order valence-electron chi connectivity index (χ4n) is 1.72. The second-order valence-corrected chi connectivity index (χ2v) is 9.47. The Labute approximate surface area is 143 Å². The van der Waals surface area contributed by atoms with Gasteiger partial charge in [-0.15, -0.1) is 0 Å². The van der Waals surface area contributed by atoms with Crippen LogP contribution in [0.25, 0.3) is 0 Å². The van der Waals surface area contributed by atoms with E-state index in [-0.39, 0.29) is 0 Å². The molecule has 0 saturated heterocycles. The number of ether oxygens (including phenoxy) is 2. The molecule has 0 radical (unpaired) electrons. The number of hydrogen-bond donors (Lipinski definition) is 1. The van der Waals surface area contributed by atoms with Gasteiger partial charge in [0.15, 0.2) is 0 Å². The summed E-state index contributed by atoms with van der Waals surface area (Å²) in [4.78, 5) is 0.342. The van der Waals surface area contributed by atoms with E-state index < -0.39 is 8.87 Å². The Kier molecular flexibility index (Phi) is 9.81. The quantitative estimate of drug-likeness (QED) is 0.456. The van der Waals surface area contributed by atoms with Crippen molar-refractivity contribution in [1.29, 1.82) is 0 Å². The van der Waals surface area contributed by atoms with E-state index in [1.807, 2.05) is 6.92 Å². The summed E-state index contributed by atoms with van der Waals surface area (Å²) in [5.41, 5.74) is 1.04. The van der Waals surface area contributed by atoms with Crippen molar-refractivity contribution < 1.29 is 17.9 Å². The number of aryl methyl sites for hydroxylation is 1. The molecule has 0 heterocycles. The second kappa shape index (κ2) is 11.0. The van der Waals surface area contributed by atoms with E-state index in [1.54, 1.807) is 24.3 Å². The lowest BCUT2D eigenvalue weighted by Crippen LogP contribution is -2.27. The fourth-order valence-corrected chi connectivity index (χ4v) is 4.33. The predicted octanol–water partition coefficient (Wildman–Crippen LogP) is 2.45. The smallest absolute Gasteiger partial charge is 0.230 e. The zero-order valence-electron chi connectivity index (χ0n) is 14.1. The molecular weight excluding hydrogens is 334 g/mol. The first kappa shape index (κ1) is 20.4. The van der Waals surface area contributed by atoms with Crippen LogP contribution >= 0.6 is 10.8 Å². The number of hydrogen-bond acceptors (Lipinski definition) is 6. The van der Waals surface area contributed by atoms with Gasteiger partial charge in [0.2, 0.25) is 8.87 Å². The largest absolute Gasteiger partial charge is 0.378 e. The third-order valence-corrected chi connectivity index (χ3v) is 6.45. The standard InChI is InChI=1S/C16H27NO4S2/c1-14(2)17-8-9-20-10-11-21-12-13-22-23(18,19)16-6-4-15(3)5-7-16/h4-7,14,17H,8-13H2,1-3H3. The van der Waals surface area contributed by atoms with Gasteiger partial charge < -0.3 is 14.8 Å². The van der Waals surface area contributed by atoms with Gasteiger partial charge in [-0.05, 0) is 29.9 Å². The summed E-state index contributed by atoms with van der Waals surface area (Å²) in [7, 11) is -2.38. The molecular formula is C16H27NO4S2. The molecule has 23 heavy (non-hydrogen) atoms. The monoisotopic (exact) mass is 361 g/mol. The van der Waals surface area contributed by atoms with Gasteiger partial charge in [-0.2, -0.15) is 0 Å². The van der Waals surface area contributed by atoms with Crippen molar-refractivity contribution in [2.75, 3.05) is 38.7 Å². The zero-order chi connectivity index (χ0) is 17.1. The topological polar surface area (TPSA) is 64.6 Å². The minimum absolute atomic E-state index is 0.342. The molecule has 0 aliphatic heterocycles. The normalized spacial score (nSPS) is 12.0. The lowest BCUT2D eigenvalue weighted by Gasteiger charge is -2.09. The summed E-state index contributed by atoms with van der Waals surface area (Å²) < 4.78 is 34.9. The van der Waals surface area contributed by atoms with E-state index in [9.17, 15) is 8.42 Å². The maximum Gasteiger partial charge on any atom is 0.230 e. The van der Waals surface area contributed by atoms with E-state index in [1.165, 1.54) is 0 Å². The molecule has 132 valence electrons. The Hall–Kier alpha value is -0.600. The van der Waals surface area contributed by atoms with Crippen molar-refractivity contribution >= 4 is 19.7 Å². The molecule has 0 fully saturated rings. The second-order valence-electron chi connectivity index (χ2n) is 5.42. The van der Waals surface area contributed by atoms with Crippen LogP contribution < -0.4 is 5.32 Å². The first-order chi connectivity index (χ1) is 10.9. The molecule has 0 atom stereocenters. The van der Waals surface area contributed by atoms with Crippen molar-refractivity contribution in [3.63, 3.8) is 0 Å². The third kappa shape index (κ3) is 9.32. The molecule has 0 bridgehead atoms. The van der Waals surface area contributed by atoms with Crippen LogP contribution in [0, 0.1) is 6.92 Å². The van der Waals surface area contributed by atoms with Crippen molar-refractivity contribution in [3.05, 3.63) is 29.8 Å². The van der Waals surface area contributed by atoms with Gasteiger partial charge in [0.05, 0.1) is 31.3 Å². The van der Waals surface area contributed by atoms with Gasteiger partial charge >= 0.3 is 0 Å². The molecule has 0 saturated carbocycles. The van der Waals surface area contributed by atoms with Gasteiger partial charge in [0.25, 0.3) is 0 Å².